The molecule has 0 bridgehead atoms. The monoisotopic (exact) mass is 728 g/mol. The van der Waals surface area contributed by atoms with E-state index in [9.17, 15) is 14.1 Å². The van der Waals surface area contributed by atoms with E-state index in [1.807, 2.05) is 52.9 Å². The number of halogens is 1. The smallest absolute Gasteiger partial charge is 0.410 e. The molecule has 0 spiro atoms. The first-order valence-corrected chi connectivity index (χ1v) is 20.3. The Balaban J connectivity index is 1.21. The maximum Gasteiger partial charge on any atom is 0.410 e. The van der Waals surface area contributed by atoms with Gasteiger partial charge in [-0.2, -0.15) is 5.10 Å². The summed E-state index contributed by atoms with van der Waals surface area (Å²) in [6, 6.07) is 5.87. The minimum atomic E-state index is -1.09. The molecule has 1 aromatic carbocycles. The second kappa shape index (κ2) is 17.4. The molecule has 1 N–H and O–H groups in total. The van der Waals surface area contributed by atoms with E-state index in [1.165, 1.54) is 0 Å². The molecule has 2 unspecified atom stereocenters. The number of carbonyl (C=O) groups excluding carboxylic acids is 1. The van der Waals surface area contributed by atoms with Crippen molar-refractivity contribution < 1.29 is 18.8 Å². The predicted octanol–water partition coefficient (Wildman–Crippen LogP) is 5.27. The molecule has 50 heavy (non-hydrogen) atoms. The van der Waals surface area contributed by atoms with Crippen LogP contribution in [0.25, 0.3) is 11.3 Å². The van der Waals surface area contributed by atoms with Gasteiger partial charge in [-0.3, -0.25) is 9.58 Å². The highest BCUT2D eigenvalue weighted by molar-refractivity contribution is 7.81. The van der Waals surface area contributed by atoms with Crippen LogP contribution >= 0.6 is 11.6 Å². The average molecular weight is 729 g/mol. The van der Waals surface area contributed by atoms with Crippen LogP contribution in [-0.4, -0.2) is 121 Å². The molecule has 5 rings (SSSR count). The molecule has 2 fully saturated rings. The number of ether oxygens (including phenoxy) is 1. The van der Waals surface area contributed by atoms with Crippen LogP contribution in [0.1, 0.15) is 77.1 Å². The molecular formula is C38H57ClN6O4S. The number of fused-ring (bicyclic) bond motifs is 1. The van der Waals surface area contributed by atoms with E-state index in [2.05, 4.69) is 35.5 Å². The van der Waals surface area contributed by atoms with E-state index in [0.29, 0.717) is 49.6 Å². The Morgan fingerprint density at radius 3 is 2.36 bits per heavy atom. The summed E-state index contributed by atoms with van der Waals surface area (Å²) >= 11 is 6.58. The summed E-state index contributed by atoms with van der Waals surface area (Å²) in [5.74, 6) is 7.83. The number of aromatic nitrogens is 2. The lowest BCUT2D eigenvalue weighted by Crippen LogP contribution is -2.45. The SMILES string of the molecule is CCN(CC)CC#Cc1cc(-c2nn(CC(O)CN3CCC(C4CCN(C(=O)OC(C)(C)C)CC4)CC3)c3c2CN(S(C)=O)CC3)ccc1Cl. The number of likely N-dealkylation sites (tertiary alicyclic amines) is 2. The van der Waals surface area contributed by atoms with Crippen molar-refractivity contribution in [2.24, 2.45) is 11.8 Å². The Labute approximate surface area is 307 Å². The van der Waals surface area contributed by atoms with Crippen molar-refractivity contribution in [3.8, 4) is 23.1 Å². The van der Waals surface area contributed by atoms with Crippen molar-refractivity contribution in [2.75, 3.05) is 65.2 Å². The van der Waals surface area contributed by atoms with Gasteiger partial charge in [0.1, 0.15) is 5.60 Å². The summed E-state index contributed by atoms with van der Waals surface area (Å²) in [5.41, 5.74) is 4.22. The first-order valence-electron chi connectivity index (χ1n) is 18.4. The third kappa shape index (κ3) is 10.1. The number of amides is 1. The van der Waals surface area contributed by atoms with Gasteiger partial charge in [0.05, 0.1) is 40.9 Å². The number of carbonyl (C=O) groups is 1. The van der Waals surface area contributed by atoms with Gasteiger partial charge in [0.2, 0.25) is 0 Å². The zero-order valence-electron chi connectivity index (χ0n) is 30.9. The second-order valence-corrected chi connectivity index (χ2v) is 16.8. The van der Waals surface area contributed by atoms with E-state index < -0.39 is 22.7 Å². The quantitative estimate of drug-likeness (QED) is 0.334. The lowest BCUT2D eigenvalue weighted by Gasteiger charge is -2.40. The van der Waals surface area contributed by atoms with Crippen molar-refractivity contribution in [3.05, 3.63) is 40.0 Å². The lowest BCUT2D eigenvalue weighted by atomic mass is 9.79. The lowest BCUT2D eigenvalue weighted by molar-refractivity contribution is 0.0123. The third-order valence-corrected chi connectivity index (χ3v) is 11.8. The van der Waals surface area contributed by atoms with Gasteiger partial charge >= 0.3 is 6.09 Å². The summed E-state index contributed by atoms with van der Waals surface area (Å²) in [5, 5.41) is 17.1. The van der Waals surface area contributed by atoms with E-state index in [-0.39, 0.29) is 6.09 Å². The van der Waals surface area contributed by atoms with E-state index in [4.69, 9.17) is 21.4 Å². The van der Waals surface area contributed by atoms with Crippen LogP contribution in [0.3, 0.4) is 0 Å². The molecule has 12 heteroatoms. The highest BCUT2D eigenvalue weighted by Crippen LogP contribution is 2.34. The van der Waals surface area contributed by atoms with Gasteiger partial charge in [-0.15, -0.1) is 0 Å². The number of nitrogens with zero attached hydrogens (tertiary/aromatic N) is 6. The predicted molar refractivity (Wildman–Crippen MR) is 201 cm³/mol. The maximum absolute atomic E-state index is 12.5. The second-order valence-electron chi connectivity index (χ2n) is 15.0. The standard InChI is InChI=1S/C38H57ClN6O4S/c1-7-41(8-2)18-9-10-30-24-31(11-12-34(30)39)36-33-27-44(50(6)48)23-17-35(33)45(40-36)26-32(46)25-42-19-13-28(14-20-42)29-15-21-43(22-16-29)37(47)49-38(3,4)5/h11-12,24,28-29,32,46H,7-8,13-23,25-27H2,1-6H3. The molecular weight excluding hydrogens is 672 g/mol. The molecule has 0 saturated carbocycles. The van der Waals surface area contributed by atoms with E-state index in [1.54, 1.807) is 6.26 Å². The van der Waals surface area contributed by atoms with Gasteiger partial charge in [0.15, 0.2) is 0 Å². The summed E-state index contributed by atoms with van der Waals surface area (Å²) in [7, 11) is -1.09. The Hall–Kier alpha value is -2.46. The van der Waals surface area contributed by atoms with Crippen LogP contribution in [0, 0.1) is 23.7 Å². The minimum absolute atomic E-state index is 0.198. The topological polar surface area (TPSA) is 94.4 Å². The number of hydrogen-bond acceptors (Lipinski definition) is 7. The molecule has 4 heterocycles. The first kappa shape index (κ1) is 38.8. The van der Waals surface area contributed by atoms with Crippen LogP contribution < -0.4 is 0 Å². The number of aliphatic hydroxyl groups is 1. The van der Waals surface area contributed by atoms with E-state index >= 15 is 0 Å². The number of hydrogen-bond donors (Lipinski definition) is 1. The Bertz CT molecular complexity index is 1540. The number of benzene rings is 1. The number of piperidine rings is 2. The maximum atomic E-state index is 12.5. The highest BCUT2D eigenvalue weighted by atomic mass is 35.5. The van der Waals surface area contributed by atoms with Gasteiger partial charge in [0.25, 0.3) is 0 Å². The molecule has 0 radical (unpaired) electrons. The van der Waals surface area contributed by atoms with Crippen LogP contribution in [0.15, 0.2) is 18.2 Å². The fourth-order valence-electron chi connectivity index (χ4n) is 7.57. The van der Waals surface area contributed by atoms with Gasteiger partial charge in [-0.25, -0.2) is 13.3 Å². The molecule has 1 aromatic heterocycles. The highest BCUT2D eigenvalue weighted by Gasteiger charge is 2.33. The van der Waals surface area contributed by atoms with Gasteiger partial charge in [-0.1, -0.05) is 43.4 Å². The van der Waals surface area contributed by atoms with Gasteiger partial charge in [0, 0.05) is 67.8 Å². The average Bonchev–Trinajstić information content (AvgIpc) is 3.44. The van der Waals surface area contributed by atoms with Crippen LogP contribution in [0.4, 0.5) is 4.79 Å². The molecule has 276 valence electrons. The Morgan fingerprint density at radius 2 is 1.74 bits per heavy atom. The van der Waals surface area contributed by atoms with Crippen molar-refractivity contribution in [1.29, 1.82) is 0 Å². The third-order valence-electron chi connectivity index (χ3n) is 10.5. The van der Waals surface area contributed by atoms with Crippen LogP contribution in [0.2, 0.25) is 5.02 Å². The number of rotatable bonds is 10. The summed E-state index contributed by atoms with van der Waals surface area (Å²) in [6.45, 7) is 18.3. The molecule has 1 amide bonds. The van der Waals surface area contributed by atoms with Crippen molar-refractivity contribution in [2.45, 2.75) is 91.5 Å². The molecule has 3 aliphatic rings. The van der Waals surface area contributed by atoms with Gasteiger partial charge in [-0.05, 0) is 96.6 Å². The molecule has 0 aliphatic carbocycles. The fraction of sp³-hybridized carbons (Fsp3) is 0.684. The zero-order chi connectivity index (χ0) is 36.0. The van der Waals surface area contributed by atoms with Gasteiger partial charge < -0.3 is 19.6 Å². The normalized spacial score (nSPS) is 19.6. The molecule has 2 aromatic rings. The van der Waals surface area contributed by atoms with Crippen LogP contribution in [0.5, 0.6) is 0 Å². The summed E-state index contributed by atoms with van der Waals surface area (Å²) in [6.07, 6.45) is 5.97. The fourth-order valence-corrected chi connectivity index (χ4v) is 8.40. The molecule has 3 aliphatic heterocycles. The number of β-amino-alcohol motifs (C(OH)–C–C–N with tert-alkyl or cyclic N) is 1. The Kier molecular flexibility index (Phi) is 13.5. The molecule has 2 atom stereocenters. The number of aliphatic hydroxyl groups excluding tert-OH is 1. The van der Waals surface area contributed by atoms with Crippen LogP contribution in [-0.2, 0) is 35.2 Å². The van der Waals surface area contributed by atoms with Crippen molar-refractivity contribution in [3.63, 3.8) is 0 Å². The first-order chi connectivity index (χ1) is 23.8. The summed E-state index contributed by atoms with van der Waals surface area (Å²) < 4.78 is 22.0. The Morgan fingerprint density at radius 1 is 1.08 bits per heavy atom. The van der Waals surface area contributed by atoms with E-state index in [0.717, 1.165) is 99.5 Å². The van der Waals surface area contributed by atoms with Crippen molar-refractivity contribution >= 4 is 28.7 Å². The van der Waals surface area contributed by atoms with Crippen molar-refractivity contribution in [1.82, 2.24) is 28.8 Å². The zero-order valence-corrected chi connectivity index (χ0v) is 32.5. The largest absolute Gasteiger partial charge is 0.444 e. The minimum Gasteiger partial charge on any atom is -0.444 e. The summed E-state index contributed by atoms with van der Waals surface area (Å²) in [4.78, 5) is 19.0. The molecule has 2 saturated heterocycles. The molecule has 10 nitrogen and oxygen atoms in total.